The molecule has 1 aliphatic rings. The van der Waals surface area contributed by atoms with Gasteiger partial charge in [0.15, 0.2) is 0 Å². The molecule has 0 amide bonds. The smallest absolute Gasteiger partial charge is 0.134 e. The maximum absolute atomic E-state index is 4.35. The number of rotatable bonds is 1. The van der Waals surface area contributed by atoms with Crippen LogP contribution in [0.15, 0.2) is 30.7 Å². The molecule has 1 aromatic rings. The Morgan fingerprint density at radius 2 is 2.31 bits per heavy atom. The van der Waals surface area contributed by atoms with Gasteiger partial charge in [0.2, 0.25) is 0 Å². The highest BCUT2D eigenvalue weighted by Crippen LogP contribution is 2.16. The van der Waals surface area contributed by atoms with Gasteiger partial charge in [-0.3, -0.25) is 0 Å². The van der Waals surface area contributed by atoms with E-state index in [-0.39, 0.29) is 0 Å². The lowest BCUT2D eigenvalue weighted by Gasteiger charge is -2.20. The largest absolute Gasteiger partial charge is 0.370 e. The molecule has 3 heteroatoms. The number of nitrogens with zero attached hydrogens (tertiary/aromatic N) is 2. The van der Waals surface area contributed by atoms with Crippen LogP contribution in [0.4, 0.5) is 5.82 Å². The maximum Gasteiger partial charge on any atom is 0.134 e. The highest BCUT2D eigenvalue weighted by atomic mass is 15.3. The Kier molecular flexibility index (Phi) is 1.93. The van der Waals surface area contributed by atoms with Crippen LogP contribution in [0, 0.1) is 6.92 Å². The Morgan fingerprint density at radius 1 is 1.46 bits per heavy atom. The molecule has 0 saturated heterocycles. The molecule has 1 atom stereocenters. The van der Waals surface area contributed by atoms with Crippen LogP contribution in [0.5, 0.6) is 0 Å². The van der Waals surface area contributed by atoms with Gasteiger partial charge in [0, 0.05) is 18.6 Å². The summed E-state index contributed by atoms with van der Waals surface area (Å²) in [7, 11) is 0. The third-order valence-electron chi connectivity index (χ3n) is 2.15. The van der Waals surface area contributed by atoms with Crippen molar-refractivity contribution in [3.8, 4) is 0 Å². The van der Waals surface area contributed by atoms with E-state index in [2.05, 4.69) is 28.2 Å². The fraction of sp³-hybridized carbons (Fsp3) is 0.300. The van der Waals surface area contributed by atoms with E-state index in [1.54, 1.807) is 0 Å². The van der Waals surface area contributed by atoms with E-state index in [0.29, 0.717) is 6.17 Å². The predicted octanol–water partition coefficient (Wildman–Crippen LogP) is 1.62. The average molecular weight is 175 g/mol. The molecule has 0 aliphatic carbocycles. The van der Waals surface area contributed by atoms with Crippen LogP contribution in [0.1, 0.15) is 12.5 Å². The molecule has 1 aromatic heterocycles. The van der Waals surface area contributed by atoms with E-state index in [9.17, 15) is 0 Å². The molecule has 0 fully saturated rings. The zero-order chi connectivity index (χ0) is 9.26. The van der Waals surface area contributed by atoms with Gasteiger partial charge in [0.25, 0.3) is 0 Å². The number of pyridine rings is 1. The SMILES string of the molecule is Cc1ccc(N2C=CNC2C)nc1. The van der Waals surface area contributed by atoms with Gasteiger partial charge in [0.05, 0.1) is 0 Å². The molecule has 0 saturated carbocycles. The Bertz CT molecular complexity index is 315. The molecule has 3 nitrogen and oxygen atoms in total. The molecule has 13 heavy (non-hydrogen) atoms. The molecule has 1 N–H and O–H groups in total. The van der Waals surface area contributed by atoms with Crippen molar-refractivity contribution in [2.24, 2.45) is 0 Å². The Morgan fingerprint density at radius 3 is 2.85 bits per heavy atom. The van der Waals surface area contributed by atoms with E-state index < -0.39 is 0 Å². The first-order valence-electron chi connectivity index (χ1n) is 4.41. The van der Waals surface area contributed by atoms with Gasteiger partial charge in [-0.1, -0.05) is 6.07 Å². The lowest BCUT2D eigenvalue weighted by molar-refractivity contribution is 0.678. The minimum atomic E-state index is 0.301. The fourth-order valence-corrected chi connectivity index (χ4v) is 1.36. The van der Waals surface area contributed by atoms with Crippen LogP contribution >= 0.6 is 0 Å². The first kappa shape index (κ1) is 8.10. The lowest BCUT2D eigenvalue weighted by Crippen LogP contribution is -2.32. The molecular formula is C10H13N3. The van der Waals surface area contributed by atoms with Crippen molar-refractivity contribution in [3.63, 3.8) is 0 Å². The molecule has 0 radical (unpaired) electrons. The van der Waals surface area contributed by atoms with Crippen LogP contribution in [-0.2, 0) is 0 Å². The quantitative estimate of drug-likeness (QED) is 0.703. The highest BCUT2D eigenvalue weighted by molar-refractivity contribution is 5.45. The maximum atomic E-state index is 4.35. The highest BCUT2D eigenvalue weighted by Gasteiger charge is 2.15. The number of anilines is 1. The standard InChI is InChI=1S/C10H13N3/c1-8-3-4-10(12-7-8)13-6-5-11-9(13)2/h3-7,9,11H,1-2H3. The van der Waals surface area contributed by atoms with Crippen molar-refractivity contribution >= 4 is 5.82 Å². The van der Waals surface area contributed by atoms with Crippen LogP contribution < -0.4 is 10.2 Å². The van der Waals surface area contributed by atoms with Gasteiger partial charge in [-0.05, 0) is 25.5 Å². The third-order valence-corrected chi connectivity index (χ3v) is 2.15. The molecule has 2 rings (SSSR count). The van der Waals surface area contributed by atoms with Gasteiger partial charge in [0.1, 0.15) is 12.0 Å². The number of nitrogens with one attached hydrogen (secondary N) is 1. The van der Waals surface area contributed by atoms with Gasteiger partial charge in [-0.2, -0.15) is 0 Å². The van der Waals surface area contributed by atoms with E-state index in [1.165, 1.54) is 5.56 Å². The average Bonchev–Trinajstić information content (AvgIpc) is 2.53. The van der Waals surface area contributed by atoms with Gasteiger partial charge >= 0.3 is 0 Å². The molecule has 1 unspecified atom stereocenters. The van der Waals surface area contributed by atoms with Gasteiger partial charge in [-0.25, -0.2) is 4.98 Å². The zero-order valence-corrected chi connectivity index (χ0v) is 7.86. The molecule has 0 aromatic carbocycles. The van der Waals surface area contributed by atoms with Crippen molar-refractivity contribution in [1.82, 2.24) is 10.3 Å². The van der Waals surface area contributed by atoms with Crippen LogP contribution in [0.3, 0.4) is 0 Å². The number of hydrogen-bond acceptors (Lipinski definition) is 3. The van der Waals surface area contributed by atoms with E-state index >= 15 is 0 Å². The summed E-state index contributed by atoms with van der Waals surface area (Å²) in [5.74, 6) is 0.986. The summed E-state index contributed by atoms with van der Waals surface area (Å²) in [6.45, 7) is 4.14. The van der Waals surface area contributed by atoms with Crippen LogP contribution in [-0.4, -0.2) is 11.1 Å². The lowest BCUT2D eigenvalue weighted by atomic mass is 10.3. The van der Waals surface area contributed by atoms with Gasteiger partial charge in [-0.15, -0.1) is 0 Å². The van der Waals surface area contributed by atoms with Gasteiger partial charge < -0.3 is 10.2 Å². The first-order chi connectivity index (χ1) is 6.27. The zero-order valence-electron chi connectivity index (χ0n) is 7.86. The summed E-state index contributed by atoms with van der Waals surface area (Å²) in [6.07, 6.45) is 6.12. The normalized spacial score (nSPS) is 20.5. The molecule has 0 spiro atoms. The fourth-order valence-electron chi connectivity index (χ4n) is 1.36. The van der Waals surface area contributed by atoms with E-state index in [4.69, 9.17) is 0 Å². The monoisotopic (exact) mass is 175 g/mol. The molecule has 68 valence electrons. The van der Waals surface area contributed by atoms with Crippen molar-refractivity contribution < 1.29 is 0 Å². The number of hydrogen-bond donors (Lipinski definition) is 1. The van der Waals surface area contributed by atoms with Crippen molar-refractivity contribution in [2.45, 2.75) is 20.0 Å². The summed E-state index contributed by atoms with van der Waals surface area (Å²) in [5.41, 5.74) is 1.19. The second-order valence-electron chi connectivity index (χ2n) is 3.26. The van der Waals surface area contributed by atoms with E-state index in [0.717, 1.165) is 5.82 Å². The minimum absolute atomic E-state index is 0.301. The summed E-state index contributed by atoms with van der Waals surface area (Å²) in [6, 6.07) is 4.10. The van der Waals surface area contributed by atoms with Crippen molar-refractivity contribution in [2.75, 3.05) is 4.90 Å². The molecule has 2 heterocycles. The Hall–Kier alpha value is -1.51. The third kappa shape index (κ3) is 1.49. The second kappa shape index (κ2) is 3.09. The predicted molar refractivity (Wildman–Crippen MR) is 53.2 cm³/mol. The minimum Gasteiger partial charge on any atom is -0.370 e. The van der Waals surface area contributed by atoms with Crippen LogP contribution in [0.25, 0.3) is 0 Å². The summed E-state index contributed by atoms with van der Waals surface area (Å²) < 4.78 is 0. The summed E-state index contributed by atoms with van der Waals surface area (Å²) in [5, 5.41) is 3.19. The number of aryl methyl sites for hydroxylation is 1. The number of aromatic nitrogens is 1. The van der Waals surface area contributed by atoms with Crippen molar-refractivity contribution in [3.05, 3.63) is 36.3 Å². The van der Waals surface area contributed by atoms with Crippen molar-refractivity contribution in [1.29, 1.82) is 0 Å². The van der Waals surface area contributed by atoms with E-state index in [1.807, 2.05) is 31.6 Å². The molecule has 1 aliphatic heterocycles. The first-order valence-corrected chi connectivity index (χ1v) is 4.41. The second-order valence-corrected chi connectivity index (χ2v) is 3.26. The Balaban J connectivity index is 2.25. The van der Waals surface area contributed by atoms with Crippen LogP contribution in [0.2, 0.25) is 0 Å². The topological polar surface area (TPSA) is 28.2 Å². The Labute approximate surface area is 78.1 Å². The summed E-state index contributed by atoms with van der Waals surface area (Å²) in [4.78, 5) is 6.44. The molecular weight excluding hydrogens is 162 g/mol. The summed E-state index contributed by atoms with van der Waals surface area (Å²) >= 11 is 0. The molecule has 0 bridgehead atoms.